The van der Waals surface area contributed by atoms with Crippen LogP contribution in [0.15, 0.2) is 47.2 Å². The minimum atomic E-state index is -0.270. The molecule has 104 valence electrons. The van der Waals surface area contributed by atoms with E-state index >= 15 is 0 Å². The molecular formula is C13H14FN5S. The zero-order chi connectivity index (χ0) is 14.4. The summed E-state index contributed by atoms with van der Waals surface area (Å²) < 4.78 is 12.8. The normalized spacial score (nSPS) is 11.4. The summed E-state index contributed by atoms with van der Waals surface area (Å²) in [5.74, 6) is 0.932. The molecule has 0 bridgehead atoms. The lowest BCUT2D eigenvalue weighted by atomic mass is 10.1. The molecule has 0 aliphatic rings. The molecule has 2 N–H and O–H groups in total. The third-order valence-electron chi connectivity index (χ3n) is 2.39. The fraction of sp³-hybridized carbons (Fsp3) is 0.154. The molecule has 0 fully saturated rings. The second kappa shape index (κ2) is 6.85. The van der Waals surface area contributed by atoms with Gasteiger partial charge in [-0.15, -0.1) is 11.7 Å². The molecule has 7 heteroatoms. The second-order valence-electron chi connectivity index (χ2n) is 3.88. The van der Waals surface area contributed by atoms with Crippen LogP contribution in [0.25, 0.3) is 0 Å². The Morgan fingerprint density at radius 2 is 2.25 bits per heavy atom. The summed E-state index contributed by atoms with van der Waals surface area (Å²) in [6, 6.07) is 6.13. The molecule has 1 aromatic heterocycles. The van der Waals surface area contributed by atoms with E-state index in [0.717, 1.165) is 17.0 Å². The van der Waals surface area contributed by atoms with E-state index in [0.29, 0.717) is 11.1 Å². The Morgan fingerprint density at radius 3 is 2.95 bits per heavy atom. The first-order valence-electron chi connectivity index (χ1n) is 5.91. The van der Waals surface area contributed by atoms with Crippen LogP contribution in [0.1, 0.15) is 12.5 Å². The highest BCUT2D eigenvalue weighted by Crippen LogP contribution is 2.13. The van der Waals surface area contributed by atoms with E-state index in [9.17, 15) is 4.39 Å². The van der Waals surface area contributed by atoms with E-state index in [-0.39, 0.29) is 5.82 Å². The van der Waals surface area contributed by atoms with Crippen LogP contribution in [0.4, 0.5) is 10.3 Å². The maximum absolute atomic E-state index is 12.8. The summed E-state index contributed by atoms with van der Waals surface area (Å²) in [7, 11) is 0. The van der Waals surface area contributed by atoms with Gasteiger partial charge in [0, 0.05) is 5.75 Å². The first-order valence-corrected chi connectivity index (χ1v) is 6.90. The summed E-state index contributed by atoms with van der Waals surface area (Å²) in [6.45, 7) is 5.45. The summed E-state index contributed by atoms with van der Waals surface area (Å²) in [5.41, 5.74) is 4.34. The lowest BCUT2D eigenvalue weighted by molar-refractivity contribution is 0.628. The number of hydrazone groups is 1. The number of H-pyrrole nitrogens is 1. The van der Waals surface area contributed by atoms with Gasteiger partial charge in [-0.05, 0) is 24.6 Å². The molecule has 0 aliphatic heterocycles. The van der Waals surface area contributed by atoms with Crippen molar-refractivity contribution >= 4 is 23.4 Å². The number of hydrogen-bond acceptors (Lipinski definition) is 5. The van der Waals surface area contributed by atoms with E-state index in [1.807, 2.05) is 6.92 Å². The quantitative estimate of drug-likeness (QED) is 0.371. The predicted octanol–water partition coefficient (Wildman–Crippen LogP) is 3.06. The molecule has 0 spiro atoms. The number of hydrogen-bond donors (Lipinski definition) is 2. The van der Waals surface area contributed by atoms with Crippen molar-refractivity contribution in [1.82, 2.24) is 15.2 Å². The lowest BCUT2D eigenvalue weighted by Gasteiger charge is -2.00. The number of benzene rings is 1. The van der Waals surface area contributed by atoms with E-state index in [4.69, 9.17) is 0 Å². The van der Waals surface area contributed by atoms with Crippen molar-refractivity contribution in [3.05, 3.63) is 48.3 Å². The number of halogens is 1. The fourth-order valence-electron chi connectivity index (χ4n) is 1.39. The fourth-order valence-corrected chi connectivity index (χ4v) is 1.92. The molecule has 0 unspecified atom stereocenters. The molecule has 0 atom stereocenters. The Kier molecular flexibility index (Phi) is 4.89. The van der Waals surface area contributed by atoms with Crippen LogP contribution in [-0.2, 0) is 0 Å². The Labute approximate surface area is 120 Å². The van der Waals surface area contributed by atoms with Gasteiger partial charge in [0.25, 0.3) is 0 Å². The topological polar surface area (TPSA) is 66.0 Å². The number of aromatic amines is 1. The Bertz CT molecular complexity index is 605. The van der Waals surface area contributed by atoms with Gasteiger partial charge in [0.05, 0.1) is 5.71 Å². The van der Waals surface area contributed by atoms with Gasteiger partial charge >= 0.3 is 0 Å². The van der Waals surface area contributed by atoms with E-state index in [1.54, 1.807) is 18.2 Å². The highest BCUT2D eigenvalue weighted by Gasteiger charge is 2.02. The third kappa shape index (κ3) is 3.92. The molecular weight excluding hydrogens is 277 g/mol. The highest BCUT2D eigenvalue weighted by atomic mass is 32.2. The minimum absolute atomic E-state index is 0.270. The molecule has 2 rings (SSSR count). The molecule has 0 radical (unpaired) electrons. The van der Waals surface area contributed by atoms with Crippen LogP contribution in [0.2, 0.25) is 0 Å². The number of thioether (sulfide) groups is 1. The van der Waals surface area contributed by atoms with Crippen LogP contribution in [0.3, 0.4) is 0 Å². The average Bonchev–Trinajstić information content (AvgIpc) is 2.91. The van der Waals surface area contributed by atoms with E-state index < -0.39 is 0 Å². The molecule has 0 amide bonds. The van der Waals surface area contributed by atoms with Gasteiger partial charge in [-0.25, -0.2) is 14.9 Å². The van der Waals surface area contributed by atoms with Crippen LogP contribution in [0.5, 0.6) is 0 Å². The van der Waals surface area contributed by atoms with Crippen molar-refractivity contribution in [2.75, 3.05) is 11.2 Å². The molecule has 0 saturated carbocycles. The Morgan fingerprint density at radius 1 is 1.50 bits per heavy atom. The Hall–Kier alpha value is -2.15. The standard InChI is InChI=1S/C13H14FN5S/c1-3-8-20-13-15-12(18-19-13)17-16-9(2)10-4-6-11(14)7-5-10/h3-7H,1,8H2,2H3,(H2,15,17,18,19)/b16-9+. The highest BCUT2D eigenvalue weighted by molar-refractivity contribution is 7.99. The van der Waals surface area contributed by atoms with Gasteiger partial charge in [-0.2, -0.15) is 10.1 Å². The SMILES string of the molecule is C=CCSc1n[nH]c(N/N=C(\C)c2ccc(F)cc2)n1. The van der Waals surface area contributed by atoms with E-state index in [1.165, 1.54) is 23.9 Å². The van der Waals surface area contributed by atoms with Gasteiger partial charge in [0.2, 0.25) is 11.1 Å². The van der Waals surface area contributed by atoms with Crippen molar-refractivity contribution in [1.29, 1.82) is 0 Å². The van der Waals surface area contributed by atoms with Crippen molar-refractivity contribution in [3.8, 4) is 0 Å². The molecule has 0 aliphatic carbocycles. The van der Waals surface area contributed by atoms with E-state index in [2.05, 4.69) is 32.3 Å². The number of rotatable bonds is 6. The Balaban J connectivity index is 1.99. The minimum Gasteiger partial charge on any atom is -0.245 e. The number of anilines is 1. The van der Waals surface area contributed by atoms with Gasteiger partial charge in [-0.1, -0.05) is 30.0 Å². The first kappa shape index (κ1) is 14.3. The second-order valence-corrected chi connectivity index (χ2v) is 4.87. The summed E-state index contributed by atoms with van der Waals surface area (Å²) in [6.07, 6.45) is 1.78. The molecule has 20 heavy (non-hydrogen) atoms. The van der Waals surface area contributed by atoms with Crippen LogP contribution < -0.4 is 5.43 Å². The van der Waals surface area contributed by atoms with Crippen LogP contribution >= 0.6 is 11.8 Å². The first-order chi connectivity index (χ1) is 9.69. The molecule has 0 saturated heterocycles. The third-order valence-corrected chi connectivity index (χ3v) is 3.23. The van der Waals surface area contributed by atoms with Gasteiger partial charge in [0.1, 0.15) is 5.82 Å². The average molecular weight is 291 g/mol. The van der Waals surface area contributed by atoms with Crippen molar-refractivity contribution in [3.63, 3.8) is 0 Å². The summed E-state index contributed by atoms with van der Waals surface area (Å²) in [5, 5.41) is 11.5. The largest absolute Gasteiger partial charge is 0.245 e. The van der Waals surface area contributed by atoms with Crippen molar-refractivity contribution in [2.24, 2.45) is 5.10 Å². The smallest absolute Gasteiger partial charge is 0.240 e. The van der Waals surface area contributed by atoms with Crippen molar-refractivity contribution in [2.45, 2.75) is 12.1 Å². The lowest BCUT2D eigenvalue weighted by Crippen LogP contribution is -2.00. The molecule has 5 nitrogen and oxygen atoms in total. The van der Waals surface area contributed by atoms with Crippen LogP contribution in [-0.4, -0.2) is 26.6 Å². The maximum Gasteiger partial charge on any atom is 0.240 e. The monoisotopic (exact) mass is 291 g/mol. The molecule has 1 aromatic carbocycles. The number of nitrogens with one attached hydrogen (secondary N) is 2. The van der Waals surface area contributed by atoms with Gasteiger partial charge < -0.3 is 0 Å². The maximum atomic E-state index is 12.8. The van der Waals surface area contributed by atoms with Gasteiger partial charge in [0.15, 0.2) is 0 Å². The van der Waals surface area contributed by atoms with Crippen LogP contribution in [0, 0.1) is 5.82 Å². The summed E-state index contributed by atoms with van der Waals surface area (Å²) >= 11 is 1.47. The van der Waals surface area contributed by atoms with Crippen molar-refractivity contribution < 1.29 is 4.39 Å². The number of aromatic nitrogens is 3. The zero-order valence-electron chi connectivity index (χ0n) is 10.9. The summed E-state index contributed by atoms with van der Waals surface area (Å²) in [4.78, 5) is 4.20. The predicted molar refractivity (Wildman–Crippen MR) is 79.5 cm³/mol. The molecule has 1 heterocycles. The zero-order valence-corrected chi connectivity index (χ0v) is 11.7. The molecule has 2 aromatic rings. The van der Waals surface area contributed by atoms with Gasteiger partial charge in [-0.3, -0.25) is 0 Å². The number of nitrogens with zero attached hydrogens (tertiary/aromatic N) is 3.